The van der Waals surface area contributed by atoms with Crippen LogP contribution in [0.4, 0.5) is 0 Å². The molecule has 14 heavy (non-hydrogen) atoms. The molecule has 3 heteroatoms. The van der Waals surface area contributed by atoms with Crippen LogP contribution in [0.5, 0.6) is 0 Å². The van der Waals surface area contributed by atoms with Gasteiger partial charge in [-0.05, 0) is 18.1 Å². The molecule has 0 fully saturated rings. The molecule has 0 bridgehead atoms. The number of fused-ring (bicyclic) bond motifs is 3. The Bertz CT molecular complexity index is 449. The maximum absolute atomic E-state index is 5.39. The Morgan fingerprint density at radius 3 is 3.00 bits per heavy atom. The van der Waals surface area contributed by atoms with Crippen molar-refractivity contribution in [3.05, 3.63) is 35.5 Å². The third kappa shape index (κ3) is 1.31. The van der Waals surface area contributed by atoms with Crippen LogP contribution in [0, 0.1) is 0 Å². The summed E-state index contributed by atoms with van der Waals surface area (Å²) < 4.78 is 5.39. The predicted molar refractivity (Wildman–Crippen MR) is 58.9 cm³/mol. The summed E-state index contributed by atoms with van der Waals surface area (Å²) in [5, 5.41) is 1.36. The van der Waals surface area contributed by atoms with Crippen LogP contribution < -0.4 is 0 Å². The summed E-state index contributed by atoms with van der Waals surface area (Å²) in [6.07, 6.45) is 1.04. The molecule has 2 aromatic rings. The van der Waals surface area contributed by atoms with Crippen LogP contribution in [0.3, 0.4) is 0 Å². The van der Waals surface area contributed by atoms with Gasteiger partial charge < -0.3 is 9.72 Å². The number of halogens is 1. The minimum Gasteiger partial charge on any atom is -0.375 e. The zero-order valence-corrected chi connectivity index (χ0v) is 8.56. The minimum absolute atomic E-state index is 0. The molecule has 74 valence electrons. The zero-order valence-electron chi connectivity index (χ0n) is 7.75. The lowest BCUT2D eigenvalue weighted by atomic mass is 10.1. The van der Waals surface area contributed by atoms with Crippen molar-refractivity contribution in [1.29, 1.82) is 0 Å². The number of hydrogen-bond acceptors (Lipinski definition) is 1. The quantitative estimate of drug-likeness (QED) is 0.709. The number of ether oxygens (including phenoxy) is 1. The first-order valence-electron chi connectivity index (χ1n) is 4.61. The lowest BCUT2D eigenvalue weighted by molar-refractivity contribution is 0.109. The SMILES string of the molecule is Cl.c1ccc2c3c([nH]c2c1)COCC3. The Hall–Kier alpha value is -0.990. The van der Waals surface area contributed by atoms with Crippen LogP contribution in [-0.2, 0) is 17.8 Å². The minimum atomic E-state index is 0. The molecule has 0 amide bonds. The van der Waals surface area contributed by atoms with E-state index >= 15 is 0 Å². The van der Waals surface area contributed by atoms with Crippen LogP contribution in [0.25, 0.3) is 10.9 Å². The average Bonchev–Trinajstić information content (AvgIpc) is 2.56. The van der Waals surface area contributed by atoms with Crippen molar-refractivity contribution >= 4 is 23.3 Å². The second-order valence-electron chi connectivity index (χ2n) is 3.43. The molecule has 3 rings (SSSR count). The van der Waals surface area contributed by atoms with E-state index in [0.29, 0.717) is 0 Å². The highest BCUT2D eigenvalue weighted by molar-refractivity contribution is 5.85. The van der Waals surface area contributed by atoms with Gasteiger partial charge in [0.15, 0.2) is 0 Å². The van der Waals surface area contributed by atoms with Crippen LogP contribution in [-0.4, -0.2) is 11.6 Å². The predicted octanol–water partition coefficient (Wildman–Crippen LogP) is 2.66. The average molecular weight is 210 g/mol. The van der Waals surface area contributed by atoms with Crippen LogP contribution in [0.1, 0.15) is 11.3 Å². The van der Waals surface area contributed by atoms with Gasteiger partial charge in [-0.1, -0.05) is 18.2 Å². The summed E-state index contributed by atoms with van der Waals surface area (Å²) in [7, 11) is 0. The number of aromatic amines is 1. The number of benzene rings is 1. The van der Waals surface area contributed by atoms with Gasteiger partial charge in [0.05, 0.1) is 13.2 Å². The van der Waals surface area contributed by atoms with E-state index in [1.54, 1.807) is 0 Å². The number of para-hydroxylation sites is 1. The molecule has 0 atom stereocenters. The molecule has 0 aliphatic carbocycles. The standard InChI is InChI=1S/C11H11NO.ClH/c1-2-4-10-8(3-1)9-5-6-13-7-11(9)12-10;/h1-4,12H,5-7H2;1H. The van der Waals surface area contributed by atoms with Crippen molar-refractivity contribution in [2.24, 2.45) is 0 Å². The molecule has 1 aromatic heterocycles. The molecule has 0 saturated heterocycles. The lowest BCUT2D eigenvalue weighted by Crippen LogP contribution is -2.08. The smallest absolute Gasteiger partial charge is 0.0869 e. The highest BCUT2D eigenvalue weighted by Crippen LogP contribution is 2.25. The molecule has 0 radical (unpaired) electrons. The second kappa shape index (κ2) is 3.64. The van der Waals surface area contributed by atoms with Gasteiger partial charge >= 0.3 is 0 Å². The first-order valence-corrected chi connectivity index (χ1v) is 4.61. The molecule has 1 aromatic carbocycles. The van der Waals surface area contributed by atoms with Crippen LogP contribution >= 0.6 is 12.4 Å². The Kier molecular flexibility index (Phi) is 2.48. The molecular weight excluding hydrogens is 198 g/mol. The fourth-order valence-corrected chi connectivity index (χ4v) is 2.01. The van der Waals surface area contributed by atoms with Crippen molar-refractivity contribution in [3.63, 3.8) is 0 Å². The van der Waals surface area contributed by atoms with Gasteiger partial charge in [-0.3, -0.25) is 0 Å². The Balaban J connectivity index is 0.000000750. The number of aromatic nitrogens is 1. The summed E-state index contributed by atoms with van der Waals surface area (Å²) in [5.41, 5.74) is 3.94. The normalized spacial score (nSPS) is 14.9. The van der Waals surface area contributed by atoms with Gasteiger partial charge in [-0.2, -0.15) is 0 Å². The topological polar surface area (TPSA) is 25.0 Å². The summed E-state index contributed by atoms with van der Waals surface area (Å²) >= 11 is 0. The van der Waals surface area contributed by atoms with E-state index < -0.39 is 0 Å². The molecule has 1 N–H and O–H groups in total. The molecule has 1 aliphatic rings. The maximum Gasteiger partial charge on any atom is 0.0869 e. The van der Waals surface area contributed by atoms with Gasteiger partial charge in [-0.25, -0.2) is 0 Å². The highest BCUT2D eigenvalue weighted by atomic mass is 35.5. The second-order valence-corrected chi connectivity index (χ2v) is 3.43. The summed E-state index contributed by atoms with van der Waals surface area (Å²) in [6.45, 7) is 1.60. The van der Waals surface area contributed by atoms with Crippen LogP contribution in [0.2, 0.25) is 0 Å². The van der Waals surface area contributed by atoms with Crippen molar-refractivity contribution in [2.45, 2.75) is 13.0 Å². The Morgan fingerprint density at radius 1 is 1.21 bits per heavy atom. The van der Waals surface area contributed by atoms with E-state index in [2.05, 4.69) is 29.2 Å². The van der Waals surface area contributed by atoms with Crippen molar-refractivity contribution in [2.75, 3.05) is 6.61 Å². The lowest BCUT2D eigenvalue weighted by Gasteiger charge is -2.11. The number of H-pyrrole nitrogens is 1. The van der Waals surface area contributed by atoms with Gasteiger partial charge in [-0.15, -0.1) is 12.4 Å². The molecule has 1 aliphatic heterocycles. The zero-order chi connectivity index (χ0) is 8.67. The third-order valence-electron chi connectivity index (χ3n) is 2.64. The largest absolute Gasteiger partial charge is 0.375 e. The molecular formula is C11H12ClNO. The fourth-order valence-electron chi connectivity index (χ4n) is 2.01. The van der Waals surface area contributed by atoms with Gasteiger partial charge in [0, 0.05) is 16.6 Å². The van der Waals surface area contributed by atoms with Gasteiger partial charge in [0.25, 0.3) is 0 Å². The van der Waals surface area contributed by atoms with E-state index in [4.69, 9.17) is 4.74 Å². The summed E-state index contributed by atoms with van der Waals surface area (Å²) in [5.74, 6) is 0. The monoisotopic (exact) mass is 209 g/mol. The molecule has 2 nitrogen and oxygen atoms in total. The molecule has 2 heterocycles. The molecule has 0 saturated carbocycles. The van der Waals surface area contributed by atoms with Gasteiger partial charge in [0.2, 0.25) is 0 Å². The fraction of sp³-hybridized carbons (Fsp3) is 0.273. The number of nitrogens with one attached hydrogen (secondary N) is 1. The maximum atomic E-state index is 5.39. The van der Waals surface area contributed by atoms with Crippen LogP contribution in [0.15, 0.2) is 24.3 Å². The van der Waals surface area contributed by atoms with E-state index in [1.807, 2.05) is 0 Å². The van der Waals surface area contributed by atoms with E-state index in [-0.39, 0.29) is 12.4 Å². The highest BCUT2D eigenvalue weighted by Gasteiger charge is 2.14. The third-order valence-corrected chi connectivity index (χ3v) is 2.64. The van der Waals surface area contributed by atoms with Crippen molar-refractivity contribution in [1.82, 2.24) is 4.98 Å². The summed E-state index contributed by atoms with van der Waals surface area (Å²) in [6, 6.07) is 8.45. The molecule has 0 unspecified atom stereocenters. The van der Waals surface area contributed by atoms with E-state index in [9.17, 15) is 0 Å². The van der Waals surface area contributed by atoms with E-state index in [1.165, 1.54) is 22.2 Å². The molecule has 0 spiro atoms. The first kappa shape index (κ1) is 9.56. The van der Waals surface area contributed by atoms with Crippen molar-refractivity contribution in [3.8, 4) is 0 Å². The summed E-state index contributed by atoms with van der Waals surface area (Å²) in [4.78, 5) is 3.39. The van der Waals surface area contributed by atoms with Gasteiger partial charge in [0.1, 0.15) is 0 Å². The Morgan fingerprint density at radius 2 is 2.07 bits per heavy atom. The Labute approximate surface area is 88.7 Å². The first-order chi connectivity index (χ1) is 6.45. The number of hydrogen-bond donors (Lipinski definition) is 1. The number of rotatable bonds is 0. The van der Waals surface area contributed by atoms with E-state index in [0.717, 1.165) is 19.6 Å². The van der Waals surface area contributed by atoms with Crippen molar-refractivity contribution < 1.29 is 4.74 Å².